The zero-order chi connectivity index (χ0) is 28.8. The molecular weight excluding hydrogens is 500 g/mol. The van der Waals surface area contributed by atoms with Crippen molar-refractivity contribution in [2.75, 3.05) is 18.0 Å². The summed E-state index contributed by atoms with van der Waals surface area (Å²) in [6.45, 7) is 14.1. The first-order valence-corrected chi connectivity index (χ1v) is 14.1. The molecule has 4 heterocycles. The average molecular weight is 541 g/mol. The number of hydrogen-bond acceptors (Lipinski definition) is 5. The number of anilines is 1. The van der Waals surface area contributed by atoms with Crippen LogP contribution in [0.1, 0.15) is 72.4 Å². The number of pyridine rings is 2. The standard InChI is InChI=1S/C32H40N6O2/c1-19(2)38-18-21(4)29-25(30(39)35-17-26-20(3)13-22(5)36-31(26)40)14-24(15-27(29)38)23-7-8-28(34-16-23)37-11-9-32(6,33)10-12-37/h7-8,13-16,18-19H,9-12,17,33H2,1-6H3,(H,35,39)(H,36,40). The lowest BCUT2D eigenvalue weighted by Gasteiger charge is -2.37. The van der Waals surface area contributed by atoms with E-state index in [0.717, 1.165) is 70.6 Å². The van der Waals surface area contributed by atoms with Gasteiger partial charge in [-0.05, 0) is 101 Å². The van der Waals surface area contributed by atoms with Crippen molar-refractivity contribution in [3.8, 4) is 11.1 Å². The van der Waals surface area contributed by atoms with Crippen molar-refractivity contribution in [3.63, 3.8) is 0 Å². The Bertz CT molecular complexity index is 1620. The fourth-order valence-corrected chi connectivity index (χ4v) is 5.72. The Morgan fingerprint density at radius 3 is 2.45 bits per heavy atom. The molecule has 0 aliphatic carbocycles. The predicted molar refractivity (Wildman–Crippen MR) is 162 cm³/mol. The van der Waals surface area contributed by atoms with Crippen LogP contribution in [0.4, 0.5) is 5.82 Å². The molecule has 1 amide bonds. The molecule has 0 unspecified atom stereocenters. The molecule has 0 saturated carbocycles. The van der Waals surface area contributed by atoms with Crippen molar-refractivity contribution in [2.45, 2.75) is 72.5 Å². The SMILES string of the molecule is Cc1cc(C)c(CNC(=O)c2cc(-c3ccc(N4CCC(C)(N)CC4)nc3)cc3c2c(C)cn3C(C)C)c(=O)[nH]1. The highest BCUT2D eigenvalue weighted by atomic mass is 16.1. The summed E-state index contributed by atoms with van der Waals surface area (Å²) >= 11 is 0. The van der Waals surface area contributed by atoms with Crippen molar-refractivity contribution in [2.24, 2.45) is 5.73 Å². The van der Waals surface area contributed by atoms with Crippen molar-refractivity contribution >= 4 is 22.6 Å². The number of H-pyrrole nitrogens is 1. The monoisotopic (exact) mass is 540 g/mol. The number of nitrogens with two attached hydrogens (primary N) is 1. The minimum absolute atomic E-state index is 0.113. The highest BCUT2D eigenvalue weighted by molar-refractivity contribution is 6.09. The highest BCUT2D eigenvalue weighted by Crippen LogP contribution is 2.33. The quantitative estimate of drug-likeness (QED) is 0.314. The van der Waals surface area contributed by atoms with E-state index < -0.39 is 0 Å². The third-order valence-corrected chi connectivity index (χ3v) is 8.15. The normalized spacial score (nSPS) is 15.2. The summed E-state index contributed by atoms with van der Waals surface area (Å²) in [7, 11) is 0. The predicted octanol–water partition coefficient (Wildman–Crippen LogP) is 5.15. The van der Waals surface area contributed by atoms with Gasteiger partial charge in [-0.15, -0.1) is 0 Å². The molecule has 1 aliphatic rings. The van der Waals surface area contributed by atoms with Gasteiger partial charge in [-0.3, -0.25) is 9.59 Å². The zero-order valence-corrected chi connectivity index (χ0v) is 24.4. The molecule has 1 saturated heterocycles. The van der Waals surface area contributed by atoms with Crippen LogP contribution < -0.4 is 21.5 Å². The van der Waals surface area contributed by atoms with Crippen LogP contribution in [0.15, 0.2) is 47.5 Å². The fourth-order valence-electron chi connectivity index (χ4n) is 5.72. The van der Waals surface area contributed by atoms with Crippen LogP contribution in [0.2, 0.25) is 0 Å². The van der Waals surface area contributed by atoms with Crippen molar-refractivity contribution in [3.05, 3.63) is 81.0 Å². The van der Waals surface area contributed by atoms with E-state index in [4.69, 9.17) is 10.7 Å². The number of amides is 1. The van der Waals surface area contributed by atoms with Gasteiger partial charge in [-0.25, -0.2) is 4.98 Å². The van der Waals surface area contributed by atoms with E-state index >= 15 is 0 Å². The highest BCUT2D eigenvalue weighted by Gasteiger charge is 2.26. The number of benzene rings is 1. The van der Waals surface area contributed by atoms with Gasteiger partial charge >= 0.3 is 0 Å². The second kappa shape index (κ2) is 10.6. The minimum atomic E-state index is -0.210. The lowest BCUT2D eigenvalue weighted by molar-refractivity contribution is 0.0952. The van der Waals surface area contributed by atoms with E-state index in [1.807, 2.05) is 39.1 Å². The van der Waals surface area contributed by atoms with Crippen molar-refractivity contribution in [1.82, 2.24) is 19.9 Å². The molecule has 1 aromatic carbocycles. The third-order valence-electron chi connectivity index (χ3n) is 8.15. The van der Waals surface area contributed by atoms with Gasteiger partial charge in [0.2, 0.25) is 0 Å². The summed E-state index contributed by atoms with van der Waals surface area (Å²) in [4.78, 5) is 36.1. The Morgan fingerprint density at radius 1 is 1.10 bits per heavy atom. The van der Waals surface area contributed by atoms with E-state index in [-0.39, 0.29) is 29.6 Å². The van der Waals surface area contributed by atoms with E-state index in [1.54, 1.807) is 0 Å². The number of carbonyl (C=O) groups is 1. The molecule has 3 aromatic heterocycles. The number of fused-ring (bicyclic) bond motifs is 1. The van der Waals surface area contributed by atoms with Gasteiger partial charge < -0.3 is 25.5 Å². The Labute approximate surface area is 235 Å². The van der Waals surface area contributed by atoms with Crippen LogP contribution in [0.3, 0.4) is 0 Å². The molecule has 5 rings (SSSR count). The summed E-state index contributed by atoms with van der Waals surface area (Å²) < 4.78 is 2.21. The van der Waals surface area contributed by atoms with Crippen LogP contribution in [0, 0.1) is 20.8 Å². The average Bonchev–Trinajstić information content (AvgIpc) is 3.24. The lowest BCUT2D eigenvalue weighted by Crippen LogP contribution is -2.48. The van der Waals surface area contributed by atoms with Gasteiger partial charge in [0.1, 0.15) is 5.82 Å². The smallest absolute Gasteiger partial charge is 0.253 e. The Morgan fingerprint density at radius 2 is 1.82 bits per heavy atom. The van der Waals surface area contributed by atoms with Gasteiger partial charge in [0, 0.05) is 76.9 Å². The molecule has 0 radical (unpaired) electrons. The van der Waals surface area contributed by atoms with Crippen LogP contribution in [-0.2, 0) is 6.54 Å². The van der Waals surface area contributed by atoms with Gasteiger partial charge in [-0.1, -0.05) is 0 Å². The molecular formula is C32H40N6O2. The van der Waals surface area contributed by atoms with Crippen LogP contribution in [0.25, 0.3) is 22.0 Å². The lowest BCUT2D eigenvalue weighted by atomic mass is 9.91. The molecule has 210 valence electrons. The van der Waals surface area contributed by atoms with Crippen molar-refractivity contribution in [1.29, 1.82) is 0 Å². The molecule has 0 bridgehead atoms. The van der Waals surface area contributed by atoms with Gasteiger partial charge in [0.15, 0.2) is 0 Å². The van der Waals surface area contributed by atoms with Crippen LogP contribution in [0.5, 0.6) is 0 Å². The summed E-state index contributed by atoms with van der Waals surface area (Å²) in [5.41, 5.74) is 12.8. The molecule has 4 N–H and O–H groups in total. The van der Waals surface area contributed by atoms with Crippen LogP contribution >= 0.6 is 0 Å². The van der Waals surface area contributed by atoms with Gasteiger partial charge in [0.05, 0.1) is 0 Å². The Balaban J connectivity index is 1.50. The second-order valence-electron chi connectivity index (χ2n) is 11.9. The number of aryl methyl sites for hydroxylation is 3. The molecule has 40 heavy (non-hydrogen) atoms. The van der Waals surface area contributed by atoms with Crippen LogP contribution in [-0.4, -0.2) is 39.1 Å². The maximum atomic E-state index is 13.7. The molecule has 4 aromatic rings. The number of piperidine rings is 1. The molecule has 8 heteroatoms. The largest absolute Gasteiger partial charge is 0.356 e. The number of carbonyl (C=O) groups excluding carboxylic acids is 1. The zero-order valence-electron chi connectivity index (χ0n) is 24.4. The number of hydrogen-bond donors (Lipinski definition) is 3. The molecule has 1 fully saturated rings. The number of nitrogens with zero attached hydrogens (tertiary/aromatic N) is 3. The summed E-state index contributed by atoms with van der Waals surface area (Å²) in [6, 6.07) is 10.4. The van der Waals surface area contributed by atoms with Crippen molar-refractivity contribution < 1.29 is 4.79 Å². The fraction of sp³-hybridized carbons (Fsp3) is 0.406. The maximum absolute atomic E-state index is 13.7. The topological polar surface area (TPSA) is 109 Å². The first-order valence-electron chi connectivity index (χ1n) is 14.1. The first-order chi connectivity index (χ1) is 18.9. The summed E-state index contributed by atoms with van der Waals surface area (Å²) in [5, 5.41) is 3.93. The number of aromatic nitrogens is 3. The summed E-state index contributed by atoms with van der Waals surface area (Å²) in [6.07, 6.45) is 5.86. The second-order valence-corrected chi connectivity index (χ2v) is 11.9. The molecule has 1 aliphatic heterocycles. The van der Waals surface area contributed by atoms with Gasteiger partial charge in [-0.2, -0.15) is 0 Å². The minimum Gasteiger partial charge on any atom is -0.356 e. The number of rotatable bonds is 6. The summed E-state index contributed by atoms with van der Waals surface area (Å²) in [5.74, 6) is 0.733. The molecule has 8 nitrogen and oxygen atoms in total. The van der Waals surface area contributed by atoms with E-state index in [0.29, 0.717) is 11.1 Å². The third kappa shape index (κ3) is 5.41. The Hall–Kier alpha value is -3.91. The number of nitrogens with one attached hydrogen (secondary N) is 2. The molecule has 0 atom stereocenters. The Kier molecular flexibility index (Phi) is 7.31. The number of aromatic amines is 1. The first kappa shape index (κ1) is 27.6. The van der Waals surface area contributed by atoms with E-state index in [9.17, 15) is 9.59 Å². The van der Waals surface area contributed by atoms with Gasteiger partial charge in [0.25, 0.3) is 11.5 Å². The maximum Gasteiger partial charge on any atom is 0.253 e. The van der Waals surface area contributed by atoms with E-state index in [1.165, 1.54) is 0 Å². The molecule has 0 spiro atoms. The van der Waals surface area contributed by atoms with E-state index in [2.05, 4.69) is 64.9 Å².